The number of benzene rings is 2. The van der Waals surface area contributed by atoms with Crippen LogP contribution in [0.5, 0.6) is 5.75 Å². The number of methoxy groups -OCH3 is 1. The molecule has 1 aliphatic rings. The Labute approximate surface area is 187 Å². The molecular weight excluding hydrogens is 460 g/mol. The quantitative estimate of drug-likeness (QED) is 0.461. The predicted octanol–water partition coefficient (Wildman–Crippen LogP) is 3.80. The fourth-order valence-electron chi connectivity index (χ4n) is 3.79. The van der Waals surface area contributed by atoms with Crippen LogP contribution in [-0.4, -0.2) is 45.2 Å². The van der Waals surface area contributed by atoms with E-state index >= 15 is 0 Å². The minimum atomic E-state index is -0.369. The number of aromatic nitrogens is 4. The van der Waals surface area contributed by atoms with Gasteiger partial charge in [0.15, 0.2) is 11.5 Å². The van der Waals surface area contributed by atoms with Gasteiger partial charge in [0, 0.05) is 22.0 Å². The lowest BCUT2D eigenvalue weighted by Crippen LogP contribution is -2.38. The van der Waals surface area contributed by atoms with E-state index in [0.29, 0.717) is 24.0 Å². The average molecular weight is 481 g/mol. The van der Waals surface area contributed by atoms with Crippen molar-refractivity contribution in [2.75, 3.05) is 19.0 Å². The van der Waals surface area contributed by atoms with Gasteiger partial charge in [-0.2, -0.15) is 4.52 Å². The molecule has 2 aromatic heterocycles. The summed E-state index contributed by atoms with van der Waals surface area (Å²) in [7, 11) is 1.63. The molecule has 0 unspecified atom stereocenters. The SMILES string of the molecule is COc1ccc(-c2nc3c4cccc(Br)c4nc(N[C@H]4CCCCNC4=O)n3n2)cc1. The number of nitrogens with one attached hydrogen (secondary N) is 2. The number of carbonyl (C=O) groups is 1. The van der Waals surface area contributed by atoms with Crippen LogP contribution in [-0.2, 0) is 4.79 Å². The van der Waals surface area contributed by atoms with Crippen LogP contribution in [0.4, 0.5) is 5.95 Å². The number of carbonyl (C=O) groups excluding carboxylic acids is 1. The Balaban J connectivity index is 1.66. The van der Waals surface area contributed by atoms with Gasteiger partial charge in [-0.1, -0.05) is 6.07 Å². The molecule has 1 fully saturated rings. The molecule has 1 amide bonds. The van der Waals surface area contributed by atoms with Crippen molar-refractivity contribution in [1.82, 2.24) is 24.9 Å². The Bertz CT molecular complexity index is 1270. The molecule has 2 aromatic carbocycles. The minimum Gasteiger partial charge on any atom is -0.497 e. The van der Waals surface area contributed by atoms with Crippen molar-refractivity contribution in [3.63, 3.8) is 0 Å². The summed E-state index contributed by atoms with van der Waals surface area (Å²) in [6.45, 7) is 0.702. The Morgan fingerprint density at radius 2 is 2.00 bits per heavy atom. The largest absolute Gasteiger partial charge is 0.497 e. The van der Waals surface area contributed by atoms with Gasteiger partial charge in [0.25, 0.3) is 0 Å². The highest BCUT2D eigenvalue weighted by atomic mass is 79.9. The molecule has 0 spiro atoms. The molecule has 158 valence electrons. The van der Waals surface area contributed by atoms with Crippen LogP contribution in [0, 0.1) is 0 Å². The van der Waals surface area contributed by atoms with E-state index < -0.39 is 0 Å². The first-order valence-electron chi connectivity index (χ1n) is 10.2. The monoisotopic (exact) mass is 480 g/mol. The highest BCUT2D eigenvalue weighted by Gasteiger charge is 2.23. The number of rotatable bonds is 4. The molecule has 0 bridgehead atoms. The van der Waals surface area contributed by atoms with E-state index in [1.165, 1.54) is 0 Å². The van der Waals surface area contributed by atoms with Crippen molar-refractivity contribution in [1.29, 1.82) is 0 Å². The summed E-state index contributed by atoms with van der Waals surface area (Å²) in [6.07, 6.45) is 2.68. The first-order chi connectivity index (χ1) is 15.1. The van der Waals surface area contributed by atoms with Crippen LogP contribution in [0.15, 0.2) is 46.9 Å². The van der Waals surface area contributed by atoms with Crippen LogP contribution in [0.1, 0.15) is 19.3 Å². The fourth-order valence-corrected chi connectivity index (χ4v) is 4.24. The van der Waals surface area contributed by atoms with Crippen LogP contribution in [0.2, 0.25) is 0 Å². The predicted molar refractivity (Wildman–Crippen MR) is 122 cm³/mol. The molecule has 31 heavy (non-hydrogen) atoms. The van der Waals surface area contributed by atoms with Crippen molar-refractivity contribution in [3.05, 3.63) is 46.9 Å². The van der Waals surface area contributed by atoms with Gasteiger partial charge in [-0.3, -0.25) is 4.79 Å². The normalized spacial score (nSPS) is 16.8. The summed E-state index contributed by atoms with van der Waals surface area (Å²) in [6, 6.07) is 13.1. The number of halogens is 1. The molecule has 8 nitrogen and oxygen atoms in total. The van der Waals surface area contributed by atoms with E-state index in [1.807, 2.05) is 42.5 Å². The third-order valence-corrected chi connectivity index (χ3v) is 6.08. The zero-order chi connectivity index (χ0) is 21.4. The molecule has 0 aliphatic carbocycles. The maximum absolute atomic E-state index is 12.5. The number of hydrogen-bond acceptors (Lipinski definition) is 6. The maximum Gasteiger partial charge on any atom is 0.242 e. The van der Waals surface area contributed by atoms with Crippen molar-refractivity contribution in [2.45, 2.75) is 25.3 Å². The Morgan fingerprint density at radius 3 is 2.81 bits per heavy atom. The first kappa shape index (κ1) is 19.7. The Kier molecular flexibility index (Phi) is 5.19. The maximum atomic E-state index is 12.5. The van der Waals surface area contributed by atoms with E-state index in [-0.39, 0.29) is 11.9 Å². The first-order valence-corrected chi connectivity index (χ1v) is 11.0. The van der Waals surface area contributed by atoms with Crippen molar-refractivity contribution >= 4 is 44.3 Å². The summed E-state index contributed by atoms with van der Waals surface area (Å²) >= 11 is 3.59. The zero-order valence-corrected chi connectivity index (χ0v) is 18.5. The zero-order valence-electron chi connectivity index (χ0n) is 16.9. The summed E-state index contributed by atoms with van der Waals surface area (Å²) in [4.78, 5) is 22.1. The molecule has 2 N–H and O–H groups in total. The number of anilines is 1. The second kappa shape index (κ2) is 8.14. The molecule has 1 saturated heterocycles. The lowest BCUT2D eigenvalue weighted by Gasteiger charge is -2.17. The fraction of sp³-hybridized carbons (Fsp3) is 0.273. The molecule has 0 radical (unpaired) electrons. The summed E-state index contributed by atoms with van der Waals surface area (Å²) in [5.41, 5.74) is 2.31. The van der Waals surface area contributed by atoms with Crippen LogP contribution >= 0.6 is 15.9 Å². The lowest BCUT2D eigenvalue weighted by atomic mass is 10.1. The topological polar surface area (TPSA) is 93.4 Å². The molecule has 0 saturated carbocycles. The van der Waals surface area contributed by atoms with Gasteiger partial charge in [0.05, 0.1) is 12.6 Å². The van der Waals surface area contributed by atoms with E-state index in [1.54, 1.807) is 11.6 Å². The van der Waals surface area contributed by atoms with Gasteiger partial charge >= 0.3 is 0 Å². The number of ether oxygens (including phenoxy) is 1. The van der Waals surface area contributed by atoms with Gasteiger partial charge in [-0.25, -0.2) is 9.97 Å². The van der Waals surface area contributed by atoms with Gasteiger partial charge in [0.2, 0.25) is 11.9 Å². The van der Waals surface area contributed by atoms with Crippen LogP contribution in [0.25, 0.3) is 27.9 Å². The number of para-hydroxylation sites is 1. The second-order valence-electron chi connectivity index (χ2n) is 7.45. The molecule has 5 rings (SSSR count). The van der Waals surface area contributed by atoms with Crippen LogP contribution in [0.3, 0.4) is 0 Å². The second-order valence-corrected chi connectivity index (χ2v) is 8.31. The highest BCUT2D eigenvalue weighted by molar-refractivity contribution is 9.10. The highest BCUT2D eigenvalue weighted by Crippen LogP contribution is 2.29. The summed E-state index contributed by atoms with van der Waals surface area (Å²) in [5, 5.41) is 11.9. The van der Waals surface area contributed by atoms with E-state index in [4.69, 9.17) is 19.8 Å². The minimum absolute atomic E-state index is 0.0184. The third kappa shape index (κ3) is 3.69. The van der Waals surface area contributed by atoms with Crippen molar-refractivity contribution in [3.8, 4) is 17.1 Å². The van der Waals surface area contributed by atoms with Gasteiger partial charge in [-0.05, 0) is 71.6 Å². The molecule has 4 aromatic rings. The molecule has 1 atom stereocenters. The Morgan fingerprint density at radius 1 is 1.16 bits per heavy atom. The van der Waals surface area contributed by atoms with Gasteiger partial charge < -0.3 is 15.4 Å². The van der Waals surface area contributed by atoms with E-state index in [9.17, 15) is 4.79 Å². The smallest absolute Gasteiger partial charge is 0.242 e. The lowest BCUT2D eigenvalue weighted by molar-refractivity contribution is -0.121. The van der Waals surface area contributed by atoms with Crippen molar-refractivity contribution in [2.24, 2.45) is 0 Å². The van der Waals surface area contributed by atoms with Gasteiger partial charge in [0.1, 0.15) is 11.8 Å². The molecule has 3 heterocycles. The number of amides is 1. The number of nitrogens with zero attached hydrogens (tertiary/aromatic N) is 4. The van der Waals surface area contributed by atoms with E-state index in [0.717, 1.165) is 46.0 Å². The standard InChI is InChI=1S/C22H21BrN6O2/c1-31-14-10-8-13(9-11-14)19-27-20-15-5-4-6-16(23)18(15)26-22(29(20)28-19)25-17-7-2-3-12-24-21(17)30/h4-6,8-11,17H,2-3,7,12H2,1H3,(H,24,30)(H,25,26)/t17-/m0/s1. The Hall–Kier alpha value is -3.20. The number of hydrogen-bond donors (Lipinski definition) is 2. The number of fused-ring (bicyclic) bond motifs is 3. The van der Waals surface area contributed by atoms with Crippen LogP contribution < -0.4 is 15.4 Å². The third-order valence-electron chi connectivity index (χ3n) is 5.44. The van der Waals surface area contributed by atoms with E-state index in [2.05, 4.69) is 26.6 Å². The molecule has 1 aliphatic heterocycles. The molecule has 9 heteroatoms. The average Bonchev–Trinajstić information content (AvgIpc) is 3.15. The van der Waals surface area contributed by atoms with Crippen molar-refractivity contribution < 1.29 is 9.53 Å². The molecular formula is C22H21BrN6O2. The van der Waals surface area contributed by atoms with Gasteiger partial charge in [-0.15, -0.1) is 5.10 Å². The summed E-state index contributed by atoms with van der Waals surface area (Å²) in [5.74, 6) is 1.81. The summed E-state index contributed by atoms with van der Waals surface area (Å²) < 4.78 is 7.79.